The quantitative estimate of drug-likeness (QED) is 0.439. The highest BCUT2D eigenvalue weighted by molar-refractivity contribution is 6.58. The minimum Gasteiger partial charge on any atom is -0.423 e. The Morgan fingerprint density at radius 2 is 1.75 bits per heavy atom. The van der Waals surface area contributed by atoms with Gasteiger partial charge < -0.3 is 10.0 Å². The van der Waals surface area contributed by atoms with Crippen molar-refractivity contribution in [1.82, 2.24) is 0 Å². The molecule has 0 bridgehead atoms. The van der Waals surface area contributed by atoms with E-state index >= 15 is 0 Å². The summed E-state index contributed by atoms with van der Waals surface area (Å²) in [6, 6.07) is 1.57. The summed E-state index contributed by atoms with van der Waals surface area (Å²) in [5.74, 6) is -3.40. The predicted octanol–water partition coefficient (Wildman–Crippen LogP) is 0.251. The standard InChI is InChI=1S/C8H5BF4O3/c10-6-2-4(7(14)8(11,12)13)1-5(3-6)9(15)16/h1-3,15-16H. The monoisotopic (exact) mass is 236 g/mol. The Kier molecular flexibility index (Phi) is 3.34. The van der Waals surface area contributed by atoms with Crippen LogP contribution in [0.5, 0.6) is 0 Å². The van der Waals surface area contributed by atoms with E-state index in [9.17, 15) is 22.4 Å². The lowest BCUT2D eigenvalue weighted by molar-refractivity contribution is -0.0885. The molecule has 0 aliphatic rings. The summed E-state index contributed by atoms with van der Waals surface area (Å²) in [5.41, 5.74) is -1.50. The van der Waals surface area contributed by atoms with Crippen molar-refractivity contribution in [2.24, 2.45) is 0 Å². The predicted molar refractivity (Wildman–Crippen MR) is 46.6 cm³/mol. The molecule has 0 saturated carbocycles. The molecule has 1 aromatic rings. The molecule has 1 aromatic carbocycles. The second kappa shape index (κ2) is 4.22. The van der Waals surface area contributed by atoms with E-state index in [1.54, 1.807) is 0 Å². The van der Waals surface area contributed by atoms with E-state index in [0.29, 0.717) is 18.2 Å². The van der Waals surface area contributed by atoms with Crippen LogP contribution in [0.3, 0.4) is 0 Å². The first-order valence-electron chi connectivity index (χ1n) is 4.00. The zero-order valence-electron chi connectivity index (χ0n) is 7.62. The van der Waals surface area contributed by atoms with Gasteiger partial charge in [-0.15, -0.1) is 0 Å². The highest BCUT2D eigenvalue weighted by Crippen LogP contribution is 2.21. The van der Waals surface area contributed by atoms with Crippen LogP contribution < -0.4 is 5.46 Å². The molecule has 0 spiro atoms. The molecule has 0 amide bonds. The Balaban J connectivity index is 3.20. The smallest absolute Gasteiger partial charge is 0.423 e. The second-order valence-electron chi connectivity index (χ2n) is 2.97. The number of Topliss-reactive ketones (excluding diaryl/α,β-unsaturated/α-hetero) is 1. The molecule has 2 N–H and O–H groups in total. The number of hydrogen-bond acceptors (Lipinski definition) is 3. The number of hydrogen-bond donors (Lipinski definition) is 2. The van der Waals surface area contributed by atoms with E-state index in [-0.39, 0.29) is 0 Å². The zero-order valence-corrected chi connectivity index (χ0v) is 7.62. The van der Waals surface area contributed by atoms with Crippen molar-refractivity contribution in [3.8, 4) is 0 Å². The molecule has 1 rings (SSSR count). The number of ketones is 1. The van der Waals surface area contributed by atoms with Gasteiger partial charge in [-0.05, 0) is 17.6 Å². The summed E-state index contributed by atoms with van der Waals surface area (Å²) in [7, 11) is -2.14. The molecule has 0 radical (unpaired) electrons. The van der Waals surface area contributed by atoms with Crippen molar-refractivity contribution in [2.75, 3.05) is 0 Å². The summed E-state index contributed by atoms with van der Waals surface area (Å²) >= 11 is 0. The van der Waals surface area contributed by atoms with Crippen molar-refractivity contribution in [1.29, 1.82) is 0 Å². The molecule has 16 heavy (non-hydrogen) atoms. The summed E-state index contributed by atoms with van der Waals surface area (Å²) < 4.78 is 48.8. The van der Waals surface area contributed by atoms with Gasteiger partial charge in [0, 0.05) is 5.56 Å². The fourth-order valence-electron chi connectivity index (χ4n) is 1.06. The van der Waals surface area contributed by atoms with Gasteiger partial charge in [-0.1, -0.05) is 6.07 Å². The van der Waals surface area contributed by atoms with Crippen LogP contribution in [0, 0.1) is 5.82 Å². The molecule has 8 heteroatoms. The topological polar surface area (TPSA) is 57.5 Å². The first kappa shape index (κ1) is 12.7. The SMILES string of the molecule is O=C(c1cc(F)cc(B(O)O)c1)C(F)(F)F. The Hall–Kier alpha value is -1.41. The van der Waals surface area contributed by atoms with Gasteiger partial charge >= 0.3 is 13.3 Å². The molecule has 0 saturated heterocycles. The number of benzene rings is 1. The average molecular weight is 236 g/mol. The Morgan fingerprint density at radius 3 is 2.19 bits per heavy atom. The van der Waals surface area contributed by atoms with Crippen LogP contribution in [0.1, 0.15) is 10.4 Å². The lowest BCUT2D eigenvalue weighted by Crippen LogP contribution is -2.32. The largest absolute Gasteiger partial charge is 0.488 e. The fraction of sp³-hybridized carbons (Fsp3) is 0.125. The summed E-state index contributed by atoms with van der Waals surface area (Å²) in [4.78, 5) is 10.7. The third-order valence-corrected chi connectivity index (χ3v) is 1.74. The molecule has 3 nitrogen and oxygen atoms in total. The molecule has 0 atom stereocenters. The van der Waals surface area contributed by atoms with Crippen LogP contribution in [0.25, 0.3) is 0 Å². The van der Waals surface area contributed by atoms with Gasteiger partial charge in [0.2, 0.25) is 0 Å². The van der Waals surface area contributed by atoms with Crippen LogP contribution in [0.4, 0.5) is 17.6 Å². The van der Waals surface area contributed by atoms with E-state index in [2.05, 4.69) is 0 Å². The lowest BCUT2D eigenvalue weighted by atomic mass is 9.79. The fourth-order valence-corrected chi connectivity index (χ4v) is 1.06. The van der Waals surface area contributed by atoms with E-state index in [1.807, 2.05) is 0 Å². The van der Waals surface area contributed by atoms with Crippen LogP contribution in [-0.2, 0) is 0 Å². The number of carbonyl (C=O) groups is 1. The first-order valence-corrected chi connectivity index (χ1v) is 4.00. The molecular weight excluding hydrogens is 231 g/mol. The number of rotatable bonds is 2. The normalized spacial score (nSPS) is 11.4. The molecule has 0 aromatic heterocycles. The van der Waals surface area contributed by atoms with E-state index in [4.69, 9.17) is 10.0 Å². The third kappa shape index (κ3) is 2.80. The maximum Gasteiger partial charge on any atom is 0.488 e. The second-order valence-corrected chi connectivity index (χ2v) is 2.97. The molecule has 0 heterocycles. The van der Waals surface area contributed by atoms with Gasteiger partial charge in [0.15, 0.2) is 0 Å². The Labute approximate surface area is 87.5 Å². The van der Waals surface area contributed by atoms with E-state index in [1.165, 1.54) is 0 Å². The van der Waals surface area contributed by atoms with Gasteiger partial charge in [0.1, 0.15) is 5.82 Å². The van der Waals surface area contributed by atoms with Gasteiger partial charge in [-0.2, -0.15) is 13.2 Å². The van der Waals surface area contributed by atoms with Gasteiger partial charge in [-0.3, -0.25) is 4.79 Å². The summed E-state index contributed by atoms with van der Waals surface area (Å²) in [5, 5.41) is 17.3. The minimum atomic E-state index is -5.13. The highest BCUT2D eigenvalue weighted by Gasteiger charge is 2.39. The Bertz CT molecular complexity index is 416. The molecule has 0 fully saturated rings. The van der Waals surface area contributed by atoms with Crippen molar-refractivity contribution in [3.63, 3.8) is 0 Å². The molecule has 0 unspecified atom stereocenters. The van der Waals surface area contributed by atoms with Crippen molar-refractivity contribution >= 4 is 18.4 Å². The van der Waals surface area contributed by atoms with E-state index < -0.39 is 35.9 Å². The summed E-state index contributed by atoms with van der Waals surface area (Å²) in [6.45, 7) is 0. The minimum absolute atomic E-state index is 0.377. The molecule has 0 aliphatic carbocycles. The van der Waals surface area contributed by atoms with E-state index in [0.717, 1.165) is 0 Å². The van der Waals surface area contributed by atoms with Gasteiger partial charge in [-0.25, -0.2) is 4.39 Å². The summed E-state index contributed by atoms with van der Waals surface area (Å²) in [6.07, 6.45) is -5.13. The molecule has 86 valence electrons. The molecular formula is C8H5BF4O3. The van der Waals surface area contributed by atoms with Crippen molar-refractivity contribution < 1.29 is 32.4 Å². The number of alkyl halides is 3. The number of halogens is 4. The van der Waals surface area contributed by atoms with Crippen LogP contribution >= 0.6 is 0 Å². The van der Waals surface area contributed by atoms with Gasteiger partial charge in [0.25, 0.3) is 5.78 Å². The Morgan fingerprint density at radius 1 is 1.19 bits per heavy atom. The third-order valence-electron chi connectivity index (χ3n) is 1.74. The maximum atomic E-state index is 12.8. The maximum absolute atomic E-state index is 12.8. The van der Waals surface area contributed by atoms with Crippen LogP contribution in [0.2, 0.25) is 0 Å². The lowest BCUT2D eigenvalue weighted by Gasteiger charge is -2.07. The number of carbonyl (C=O) groups excluding carboxylic acids is 1. The highest BCUT2D eigenvalue weighted by atomic mass is 19.4. The van der Waals surface area contributed by atoms with Gasteiger partial charge in [0.05, 0.1) is 0 Å². The van der Waals surface area contributed by atoms with Crippen LogP contribution in [0.15, 0.2) is 18.2 Å². The zero-order chi connectivity index (χ0) is 12.5. The van der Waals surface area contributed by atoms with Crippen LogP contribution in [-0.4, -0.2) is 29.1 Å². The van der Waals surface area contributed by atoms with Crippen molar-refractivity contribution in [3.05, 3.63) is 29.6 Å². The molecule has 0 aliphatic heterocycles. The van der Waals surface area contributed by atoms with Crippen molar-refractivity contribution in [2.45, 2.75) is 6.18 Å². The first-order chi connectivity index (χ1) is 7.21. The average Bonchev–Trinajstić information content (AvgIpc) is 2.14.